The van der Waals surface area contributed by atoms with Gasteiger partial charge in [-0.2, -0.15) is 5.10 Å². The number of fused-ring (bicyclic) bond motifs is 3. The quantitative estimate of drug-likeness (QED) is 0.606. The van der Waals surface area contributed by atoms with Gasteiger partial charge in [-0.25, -0.2) is 14.2 Å². The van der Waals surface area contributed by atoms with Gasteiger partial charge < -0.3 is 0 Å². The van der Waals surface area contributed by atoms with Crippen LogP contribution in [0.4, 0.5) is 0 Å². The summed E-state index contributed by atoms with van der Waals surface area (Å²) in [4.78, 5) is 29.1. The molecule has 1 N–H and O–H groups in total. The van der Waals surface area contributed by atoms with Gasteiger partial charge in [-0.1, -0.05) is 23.7 Å². The molecule has 0 aliphatic heterocycles. The molecule has 3 heterocycles. The topological polar surface area (TPSA) is 81.3 Å². The molecule has 7 nitrogen and oxygen atoms in total. The summed E-state index contributed by atoms with van der Waals surface area (Å²) in [6.45, 7) is 0. The molecule has 1 aromatic carbocycles. The first-order chi connectivity index (χ1) is 11.6. The Balaban J connectivity index is 1.79. The van der Waals surface area contributed by atoms with Crippen LogP contribution in [0.5, 0.6) is 0 Å². The Hall–Kier alpha value is -3.19. The predicted octanol–water partition coefficient (Wildman–Crippen LogP) is 2.08. The van der Waals surface area contributed by atoms with E-state index in [1.807, 2.05) is 0 Å². The summed E-state index contributed by atoms with van der Waals surface area (Å²) in [6, 6.07) is 10.0. The third-order valence-corrected chi connectivity index (χ3v) is 3.95. The van der Waals surface area contributed by atoms with E-state index in [-0.39, 0.29) is 5.56 Å². The maximum absolute atomic E-state index is 12.6. The van der Waals surface area contributed by atoms with Crippen LogP contribution in [0.2, 0.25) is 5.02 Å². The molecule has 8 heteroatoms. The van der Waals surface area contributed by atoms with Gasteiger partial charge in [0.25, 0.3) is 11.5 Å². The molecule has 24 heavy (non-hydrogen) atoms. The van der Waals surface area contributed by atoms with Crippen molar-refractivity contribution >= 4 is 34.1 Å². The van der Waals surface area contributed by atoms with Crippen molar-refractivity contribution in [3.05, 3.63) is 75.9 Å². The van der Waals surface area contributed by atoms with Crippen LogP contribution in [0.25, 0.3) is 16.6 Å². The van der Waals surface area contributed by atoms with E-state index in [1.165, 1.54) is 12.4 Å². The van der Waals surface area contributed by atoms with E-state index in [2.05, 4.69) is 15.5 Å². The van der Waals surface area contributed by atoms with E-state index in [0.29, 0.717) is 21.6 Å². The summed E-state index contributed by atoms with van der Waals surface area (Å²) in [5, 5.41) is 4.79. The van der Waals surface area contributed by atoms with Gasteiger partial charge >= 0.3 is 0 Å². The summed E-state index contributed by atoms with van der Waals surface area (Å²) in [5.74, 6) is -0.477. The molecule has 4 rings (SSSR count). The van der Waals surface area contributed by atoms with Crippen LogP contribution in [-0.4, -0.2) is 25.2 Å². The number of nitrogens with one attached hydrogen (secondary N) is 1. The number of amides is 1. The molecule has 0 radical (unpaired) electrons. The van der Waals surface area contributed by atoms with Crippen molar-refractivity contribution in [1.29, 1.82) is 0 Å². The summed E-state index contributed by atoms with van der Waals surface area (Å²) >= 11 is 6.00. The lowest BCUT2D eigenvalue weighted by molar-refractivity contribution is 0.101. The molecule has 0 saturated heterocycles. The minimum atomic E-state index is -0.477. The SMILES string of the molecule is O=C(Nn1ccc2c(cnc3ccnn32)c1=O)c1ccccc1Cl. The van der Waals surface area contributed by atoms with Gasteiger partial charge in [-0.15, -0.1) is 0 Å². The summed E-state index contributed by atoms with van der Waals surface area (Å²) in [6.07, 6.45) is 4.54. The van der Waals surface area contributed by atoms with Gasteiger partial charge in [-0.3, -0.25) is 15.0 Å². The third kappa shape index (κ3) is 2.22. The highest BCUT2D eigenvalue weighted by Gasteiger charge is 2.12. The Morgan fingerprint density at radius 1 is 1.17 bits per heavy atom. The largest absolute Gasteiger partial charge is 0.280 e. The summed E-state index contributed by atoms with van der Waals surface area (Å²) in [5.41, 5.74) is 3.65. The molecule has 0 fully saturated rings. The fourth-order valence-corrected chi connectivity index (χ4v) is 2.68. The molecule has 0 atom stereocenters. The number of hydrogen-bond acceptors (Lipinski definition) is 4. The van der Waals surface area contributed by atoms with Crippen molar-refractivity contribution < 1.29 is 4.79 Å². The maximum atomic E-state index is 12.6. The zero-order chi connectivity index (χ0) is 16.7. The van der Waals surface area contributed by atoms with E-state index in [0.717, 1.165) is 4.68 Å². The average Bonchev–Trinajstić information content (AvgIpc) is 3.06. The molecule has 1 amide bonds. The minimum absolute atomic E-state index is 0.284. The van der Waals surface area contributed by atoms with Gasteiger partial charge in [0.15, 0.2) is 5.65 Å². The fourth-order valence-electron chi connectivity index (χ4n) is 2.46. The van der Waals surface area contributed by atoms with Crippen molar-refractivity contribution in [3.8, 4) is 0 Å². The Bertz CT molecular complexity index is 1150. The molecule has 0 saturated carbocycles. The van der Waals surface area contributed by atoms with Crippen LogP contribution in [0.3, 0.4) is 0 Å². The molecule has 118 valence electrons. The number of hydrogen-bond donors (Lipinski definition) is 1. The Morgan fingerprint density at radius 2 is 2.00 bits per heavy atom. The van der Waals surface area contributed by atoms with Crippen molar-refractivity contribution in [1.82, 2.24) is 19.3 Å². The van der Waals surface area contributed by atoms with Crippen molar-refractivity contribution in [2.45, 2.75) is 0 Å². The number of benzene rings is 1. The first kappa shape index (κ1) is 14.4. The Kier molecular flexibility index (Phi) is 3.28. The van der Waals surface area contributed by atoms with Gasteiger partial charge in [0, 0.05) is 18.5 Å². The molecule has 0 aliphatic carbocycles. The van der Waals surface area contributed by atoms with E-state index < -0.39 is 11.5 Å². The van der Waals surface area contributed by atoms with Crippen molar-refractivity contribution in [3.63, 3.8) is 0 Å². The first-order valence-electron chi connectivity index (χ1n) is 7.05. The van der Waals surface area contributed by atoms with Gasteiger partial charge in [-0.05, 0) is 18.2 Å². The van der Waals surface area contributed by atoms with E-state index >= 15 is 0 Å². The normalized spacial score (nSPS) is 11.0. The molecule has 0 aliphatic rings. The zero-order valence-corrected chi connectivity index (χ0v) is 12.9. The van der Waals surface area contributed by atoms with Crippen LogP contribution in [-0.2, 0) is 0 Å². The van der Waals surface area contributed by atoms with Crippen molar-refractivity contribution in [2.24, 2.45) is 0 Å². The summed E-state index contributed by atoms with van der Waals surface area (Å²) in [7, 11) is 0. The maximum Gasteiger partial charge on any atom is 0.280 e. The van der Waals surface area contributed by atoms with Crippen LogP contribution >= 0.6 is 11.6 Å². The number of nitrogens with zero attached hydrogens (tertiary/aromatic N) is 4. The molecule has 4 aromatic rings. The molecular weight excluding hydrogens is 330 g/mol. The lowest BCUT2D eigenvalue weighted by Crippen LogP contribution is -2.33. The summed E-state index contributed by atoms with van der Waals surface area (Å²) < 4.78 is 2.67. The van der Waals surface area contributed by atoms with Crippen LogP contribution in [0, 0.1) is 0 Å². The average molecular weight is 340 g/mol. The highest BCUT2D eigenvalue weighted by atomic mass is 35.5. The minimum Gasteiger partial charge on any atom is -0.267 e. The molecular formula is C16H10ClN5O2. The smallest absolute Gasteiger partial charge is 0.267 e. The Morgan fingerprint density at radius 3 is 2.83 bits per heavy atom. The predicted molar refractivity (Wildman–Crippen MR) is 89.9 cm³/mol. The number of carbonyl (C=O) groups is 1. The molecule has 3 aromatic heterocycles. The van der Waals surface area contributed by atoms with Crippen LogP contribution < -0.4 is 11.0 Å². The monoisotopic (exact) mass is 339 g/mol. The standard InChI is InChI=1S/C16H10ClN5O2/c17-12-4-2-1-3-10(12)15(23)20-21-8-6-13-11(16(21)24)9-18-14-5-7-19-22(13)14/h1-9H,(H,20,23). The van der Waals surface area contributed by atoms with E-state index in [4.69, 9.17) is 11.6 Å². The van der Waals surface area contributed by atoms with Gasteiger partial charge in [0.1, 0.15) is 0 Å². The van der Waals surface area contributed by atoms with Gasteiger partial charge in [0.2, 0.25) is 0 Å². The molecule has 0 bridgehead atoms. The second-order valence-corrected chi connectivity index (χ2v) is 5.48. The fraction of sp³-hybridized carbons (Fsp3) is 0. The lowest BCUT2D eigenvalue weighted by atomic mass is 10.2. The van der Waals surface area contributed by atoms with Crippen LogP contribution in [0.1, 0.15) is 10.4 Å². The van der Waals surface area contributed by atoms with Crippen LogP contribution in [0.15, 0.2) is 59.8 Å². The number of carbonyl (C=O) groups excluding carboxylic acids is 1. The Labute approximate surface area is 140 Å². The lowest BCUT2D eigenvalue weighted by Gasteiger charge is -2.10. The molecule has 0 unspecified atom stereocenters. The van der Waals surface area contributed by atoms with E-state index in [9.17, 15) is 9.59 Å². The highest BCUT2D eigenvalue weighted by molar-refractivity contribution is 6.34. The number of rotatable bonds is 2. The first-order valence-corrected chi connectivity index (χ1v) is 7.43. The van der Waals surface area contributed by atoms with Gasteiger partial charge in [0.05, 0.1) is 27.7 Å². The highest BCUT2D eigenvalue weighted by Crippen LogP contribution is 2.15. The number of aromatic nitrogens is 4. The second kappa shape index (κ2) is 5.47. The molecule has 0 spiro atoms. The zero-order valence-electron chi connectivity index (χ0n) is 12.2. The third-order valence-electron chi connectivity index (χ3n) is 3.62. The number of pyridine rings is 1. The van der Waals surface area contributed by atoms with E-state index in [1.54, 1.807) is 47.1 Å². The number of halogens is 1. The second-order valence-electron chi connectivity index (χ2n) is 5.07. The van der Waals surface area contributed by atoms with Crippen molar-refractivity contribution in [2.75, 3.05) is 5.43 Å².